The summed E-state index contributed by atoms with van der Waals surface area (Å²) in [6.07, 6.45) is 6.57. The average molecular weight is 272 g/mol. The van der Waals surface area contributed by atoms with Gasteiger partial charge in [0.25, 0.3) is 0 Å². The molecule has 0 amide bonds. The number of sulfonamides is 1. The summed E-state index contributed by atoms with van der Waals surface area (Å²) in [5, 5.41) is 7.29. The molecule has 18 heavy (non-hydrogen) atoms. The molecular weight excluding hydrogens is 252 g/mol. The van der Waals surface area contributed by atoms with Gasteiger partial charge in [0.2, 0.25) is 10.0 Å². The lowest BCUT2D eigenvalue weighted by Crippen LogP contribution is -2.28. The zero-order valence-electron chi connectivity index (χ0n) is 10.6. The second-order valence-corrected chi connectivity index (χ2v) is 6.67. The maximum absolute atomic E-state index is 11.7. The minimum Gasteiger partial charge on any atom is -0.314 e. The van der Waals surface area contributed by atoms with Gasteiger partial charge in [0.1, 0.15) is 0 Å². The second kappa shape index (κ2) is 5.81. The predicted octanol–water partition coefficient (Wildman–Crippen LogP) is -0.0184. The van der Waals surface area contributed by atoms with Gasteiger partial charge < -0.3 is 5.32 Å². The van der Waals surface area contributed by atoms with Gasteiger partial charge in [0.15, 0.2) is 0 Å². The number of aromatic nitrogens is 2. The fourth-order valence-corrected chi connectivity index (χ4v) is 2.74. The Labute approximate surface area is 108 Å². The third-order valence-corrected chi connectivity index (χ3v) is 4.27. The fraction of sp³-hybridized carbons (Fsp3) is 0.727. The van der Waals surface area contributed by atoms with Crippen molar-refractivity contribution in [3.05, 3.63) is 18.0 Å². The first-order valence-corrected chi connectivity index (χ1v) is 7.89. The SMILES string of the molecule is Cn1cc(CNS(=O)(=O)CCCNC2CC2)cn1. The van der Waals surface area contributed by atoms with Crippen molar-refractivity contribution in [1.29, 1.82) is 0 Å². The van der Waals surface area contributed by atoms with Crippen molar-refractivity contribution < 1.29 is 8.42 Å². The quantitative estimate of drug-likeness (QED) is 0.652. The number of nitrogens with zero attached hydrogens (tertiary/aromatic N) is 2. The van der Waals surface area contributed by atoms with Gasteiger partial charge in [-0.3, -0.25) is 4.68 Å². The zero-order valence-corrected chi connectivity index (χ0v) is 11.4. The molecule has 1 aliphatic rings. The monoisotopic (exact) mass is 272 g/mol. The summed E-state index contributed by atoms with van der Waals surface area (Å²) < 4.78 is 27.6. The summed E-state index contributed by atoms with van der Waals surface area (Å²) in [5.41, 5.74) is 0.872. The van der Waals surface area contributed by atoms with Crippen LogP contribution >= 0.6 is 0 Å². The normalized spacial score (nSPS) is 16.1. The van der Waals surface area contributed by atoms with Crippen LogP contribution in [0, 0.1) is 0 Å². The number of rotatable bonds is 8. The molecule has 1 saturated carbocycles. The molecular formula is C11H20N4O2S. The van der Waals surface area contributed by atoms with Crippen LogP contribution in [0.1, 0.15) is 24.8 Å². The highest BCUT2D eigenvalue weighted by Gasteiger charge is 2.20. The molecule has 0 atom stereocenters. The summed E-state index contributed by atoms with van der Waals surface area (Å²) in [7, 11) is -1.37. The molecule has 0 spiro atoms. The zero-order chi connectivity index (χ0) is 13.0. The van der Waals surface area contributed by atoms with E-state index in [1.807, 2.05) is 7.05 Å². The van der Waals surface area contributed by atoms with Gasteiger partial charge in [0, 0.05) is 31.4 Å². The van der Waals surface area contributed by atoms with Crippen LogP contribution in [0.25, 0.3) is 0 Å². The van der Waals surface area contributed by atoms with Crippen LogP contribution in [0.15, 0.2) is 12.4 Å². The van der Waals surface area contributed by atoms with Crippen molar-refractivity contribution in [2.75, 3.05) is 12.3 Å². The summed E-state index contributed by atoms with van der Waals surface area (Å²) in [4.78, 5) is 0. The molecule has 0 bridgehead atoms. The van der Waals surface area contributed by atoms with Crippen LogP contribution in [-0.4, -0.2) is 36.5 Å². The lowest BCUT2D eigenvalue weighted by molar-refractivity contribution is 0.574. The predicted molar refractivity (Wildman–Crippen MR) is 69.5 cm³/mol. The van der Waals surface area contributed by atoms with Crippen LogP contribution < -0.4 is 10.0 Å². The van der Waals surface area contributed by atoms with E-state index in [1.54, 1.807) is 17.1 Å². The molecule has 1 heterocycles. The van der Waals surface area contributed by atoms with Gasteiger partial charge in [-0.2, -0.15) is 5.10 Å². The van der Waals surface area contributed by atoms with Gasteiger partial charge in [-0.25, -0.2) is 13.1 Å². The summed E-state index contributed by atoms with van der Waals surface area (Å²) >= 11 is 0. The second-order valence-electron chi connectivity index (χ2n) is 4.74. The van der Waals surface area contributed by atoms with E-state index in [-0.39, 0.29) is 5.75 Å². The number of hydrogen-bond acceptors (Lipinski definition) is 4. The van der Waals surface area contributed by atoms with Gasteiger partial charge in [-0.1, -0.05) is 0 Å². The highest BCUT2D eigenvalue weighted by Crippen LogP contribution is 2.18. The highest BCUT2D eigenvalue weighted by atomic mass is 32.2. The standard InChI is InChI=1S/C11H20N4O2S/c1-15-9-10(7-13-15)8-14-18(16,17)6-2-5-12-11-3-4-11/h7,9,11-12,14H,2-6,8H2,1H3. The maximum atomic E-state index is 11.7. The molecule has 6 nitrogen and oxygen atoms in total. The molecule has 0 aromatic carbocycles. The van der Waals surface area contributed by atoms with Crippen molar-refractivity contribution >= 4 is 10.0 Å². The van der Waals surface area contributed by atoms with Gasteiger partial charge >= 0.3 is 0 Å². The molecule has 1 aromatic heterocycles. The van der Waals surface area contributed by atoms with E-state index in [0.29, 0.717) is 19.0 Å². The summed E-state index contributed by atoms with van der Waals surface area (Å²) in [6.45, 7) is 1.09. The third-order valence-electron chi connectivity index (χ3n) is 2.85. The Hall–Kier alpha value is -0.920. The number of nitrogens with one attached hydrogen (secondary N) is 2. The Balaban J connectivity index is 1.66. The van der Waals surface area contributed by atoms with Crippen molar-refractivity contribution in [1.82, 2.24) is 19.8 Å². The smallest absolute Gasteiger partial charge is 0.211 e. The molecule has 0 aliphatic heterocycles. The fourth-order valence-electron chi connectivity index (χ4n) is 1.68. The molecule has 1 aliphatic carbocycles. The van der Waals surface area contributed by atoms with Crippen LogP contribution in [0.5, 0.6) is 0 Å². The van der Waals surface area contributed by atoms with Gasteiger partial charge in [-0.15, -0.1) is 0 Å². The molecule has 1 fully saturated rings. The van der Waals surface area contributed by atoms with Crippen LogP contribution in [-0.2, 0) is 23.6 Å². The Bertz CT molecular complexity index is 479. The van der Waals surface area contributed by atoms with E-state index in [1.165, 1.54) is 12.8 Å². The lowest BCUT2D eigenvalue weighted by atomic mass is 10.4. The molecule has 7 heteroatoms. The first kappa shape index (κ1) is 13.5. The lowest BCUT2D eigenvalue weighted by Gasteiger charge is -2.06. The highest BCUT2D eigenvalue weighted by molar-refractivity contribution is 7.89. The van der Waals surface area contributed by atoms with Crippen molar-refractivity contribution in [2.45, 2.75) is 31.8 Å². The molecule has 1 aromatic rings. The van der Waals surface area contributed by atoms with E-state index < -0.39 is 10.0 Å². The molecule has 0 unspecified atom stereocenters. The Morgan fingerprint density at radius 1 is 1.50 bits per heavy atom. The molecule has 102 valence electrons. The third kappa shape index (κ3) is 4.75. The Morgan fingerprint density at radius 2 is 2.28 bits per heavy atom. The minimum absolute atomic E-state index is 0.174. The Morgan fingerprint density at radius 3 is 2.89 bits per heavy atom. The summed E-state index contributed by atoms with van der Waals surface area (Å²) in [5.74, 6) is 0.174. The molecule has 0 radical (unpaired) electrons. The van der Waals surface area contributed by atoms with E-state index in [2.05, 4.69) is 15.1 Å². The van der Waals surface area contributed by atoms with Crippen LogP contribution in [0.4, 0.5) is 0 Å². The number of hydrogen-bond donors (Lipinski definition) is 2. The average Bonchev–Trinajstić information content (AvgIpc) is 3.04. The van der Waals surface area contributed by atoms with Gasteiger partial charge in [-0.05, 0) is 25.8 Å². The van der Waals surface area contributed by atoms with E-state index in [0.717, 1.165) is 12.1 Å². The maximum Gasteiger partial charge on any atom is 0.211 e. The largest absolute Gasteiger partial charge is 0.314 e. The van der Waals surface area contributed by atoms with Crippen LogP contribution in [0.3, 0.4) is 0 Å². The minimum atomic E-state index is -3.18. The van der Waals surface area contributed by atoms with E-state index in [4.69, 9.17) is 0 Å². The summed E-state index contributed by atoms with van der Waals surface area (Å²) in [6, 6.07) is 0.635. The molecule has 2 rings (SSSR count). The topological polar surface area (TPSA) is 76.0 Å². The van der Waals surface area contributed by atoms with Crippen molar-refractivity contribution in [3.8, 4) is 0 Å². The van der Waals surface area contributed by atoms with Crippen molar-refractivity contribution in [2.24, 2.45) is 7.05 Å². The molecule has 2 N–H and O–H groups in total. The molecule has 0 saturated heterocycles. The Kier molecular flexibility index (Phi) is 4.36. The van der Waals surface area contributed by atoms with Crippen molar-refractivity contribution in [3.63, 3.8) is 0 Å². The first-order valence-electron chi connectivity index (χ1n) is 6.23. The van der Waals surface area contributed by atoms with Gasteiger partial charge in [0.05, 0.1) is 11.9 Å². The van der Waals surface area contributed by atoms with Crippen LogP contribution in [0.2, 0.25) is 0 Å². The first-order chi connectivity index (χ1) is 8.55. The number of aryl methyl sites for hydroxylation is 1. The van der Waals surface area contributed by atoms with E-state index in [9.17, 15) is 8.42 Å². The van der Waals surface area contributed by atoms with E-state index >= 15 is 0 Å².